The standard InChI is InChI=1S/C20H18ClN3O3/c1-13-6-5-7-14-10-15(20(21)23-19(13)14)11-22-24-18(25)12-27-17-9-4-3-8-16(17)26-2/h3-11H,12H2,1-2H3,(H,24,25)/b22-11-. The molecule has 1 heterocycles. The van der Waals surface area contributed by atoms with Gasteiger partial charge in [0, 0.05) is 10.9 Å². The van der Waals surface area contributed by atoms with Gasteiger partial charge in [0.05, 0.1) is 18.8 Å². The minimum Gasteiger partial charge on any atom is -0.493 e. The number of nitrogens with zero attached hydrogens (tertiary/aromatic N) is 2. The number of pyridine rings is 1. The zero-order valence-corrected chi connectivity index (χ0v) is 15.7. The number of hydrazone groups is 1. The molecule has 1 N–H and O–H groups in total. The van der Waals surface area contributed by atoms with Gasteiger partial charge >= 0.3 is 0 Å². The van der Waals surface area contributed by atoms with Gasteiger partial charge < -0.3 is 9.47 Å². The molecule has 1 amide bonds. The molecule has 2 aromatic carbocycles. The lowest BCUT2D eigenvalue weighted by Gasteiger charge is -2.09. The van der Waals surface area contributed by atoms with E-state index in [-0.39, 0.29) is 6.61 Å². The van der Waals surface area contributed by atoms with Crippen molar-refractivity contribution in [2.75, 3.05) is 13.7 Å². The molecule has 0 aliphatic carbocycles. The number of benzene rings is 2. The van der Waals surface area contributed by atoms with E-state index >= 15 is 0 Å². The van der Waals surface area contributed by atoms with Gasteiger partial charge in [-0.25, -0.2) is 10.4 Å². The summed E-state index contributed by atoms with van der Waals surface area (Å²) < 4.78 is 10.6. The van der Waals surface area contributed by atoms with E-state index in [2.05, 4.69) is 15.5 Å². The van der Waals surface area contributed by atoms with E-state index in [0.717, 1.165) is 16.5 Å². The Labute approximate surface area is 161 Å². The average molecular weight is 384 g/mol. The fraction of sp³-hybridized carbons (Fsp3) is 0.150. The second kappa shape index (κ2) is 8.51. The molecule has 7 heteroatoms. The molecule has 3 aromatic rings. The predicted molar refractivity (Wildman–Crippen MR) is 106 cm³/mol. The van der Waals surface area contributed by atoms with E-state index in [4.69, 9.17) is 21.1 Å². The zero-order valence-electron chi connectivity index (χ0n) is 14.9. The molecule has 0 aliphatic heterocycles. The van der Waals surface area contributed by atoms with E-state index in [0.29, 0.717) is 22.2 Å². The highest BCUT2D eigenvalue weighted by atomic mass is 35.5. The molecule has 0 aliphatic rings. The van der Waals surface area contributed by atoms with Gasteiger partial charge in [-0.1, -0.05) is 41.9 Å². The third-order valence-electron chi connectivity index (χ3n) is 3.85. The molecule has 0 fully saturated rings. The summed E-state index contributed by atoms with van der Waals surface area (Å²) in [6.45, 7) is 1.78. The minimum absolute atomic E-state index is 0.194. The van der Waals surface area contributed by atoms with Crippen LogP contribution < -0.4 is 14.9 Å². The van der Waals surface area contributed by atoms with Crippen molar-refractivity contribution < 1.29 is 14.3 Å². The number of amides is 1. The molecule has 3 rings (SSSR count). The number of halogens is 1. The van der Waals surface area contributed by atoms with Crippen molar-refractivity contribution in [2.45, 2.75) is 6.92 Å². The highest BCUT2D eigenvalue weighted by Crippen LogP contribution is 2.25. The number of methoxy groups -OCH3 is 1. The van der Waals surface area contributed by atoms with Crippen molar-refractivity contribution in [2.24, 2.45) is 5.10 Å². The first-order valence-corrected chi connectivity index (χ1v) is 8.60. The van der Waals surface area contributed by atoms with E-state index in [9.17, 15) is 4.79 Å². The maximum Gasteiger partial charge on any atom is 0.277 e. The van der Waals surface area contributed by atoms with Crippen LogP contribution in [0.1, 0.15) is 11.1 Å². The van der Waals surface area contributed by atoms with Gasteiger partial charge in [0.25, 0.3) is 5.91 Å². The predicted octanol–water partition coefficient (Wildman–Crippen LogP) is 3.73. The molecule has 0 spiro atoms. The molecule has 6 nitrogen and oxygen atoms in total. The number of rotatable bonds is 6. The average Bonchev–Trinajstić information content (AvgIpc) is 2.68. The molecule has 0 bridgehead atoms. The van der Waals surface area contributed by atoms with E-state index in [1.165, 1.54) is 13.3 Å². The summed E-state index contributed by atoms with van der Waals surface area (Å²) in [5, 5.41) is 5.20. The smallest absolute Gasteiger partial charge is 0.277 e. The number of carbonyl (C=O) groups excluding carboxylic acids is 1. The van der Waals surface area contributed by atoms with E-state index in [1.807, 2.05) is 37.3 Å². The number of ether oxygens (including phenoxy) is 2. The van der Waals surface area contributed by atoms with Crippen LogP contribution in [-0.2, 0) is 4.79 Å². The molecular formula is C20H18ClN3O3. The normalized spacial score (nSPS) is 10.9. The molecule has 27 heavy (non-hydrogen) atoms. The van der Waals surface area contributed by atoms with Crippen LogP contribution in [0.3, 0.4) is 0 Å². The fourth-order valence-corrected chi connectivity index (χ4v) is 2.71. The van der Waals surface area contributed by atoms with E-state index < -0.39 is 5.91 Å². The van der Waals surface area contributed by atoms with Gasteiger partial charge in [-0.3, -0.25) is 4.79 Å². The molecule has 138 valence electrons. The van der Waals surface area contributed by atoms with Crippen LogP contribution >= 0.6 is 11.6 Å². The lowest BCUT2D eigenvalue weighted by atomic mass is 10.1. The Kier molecular flexibility index (Phi) is 5.88. The Hall–Kier alpha value is -3.12. The lowest BCUT2D eigenvalue weighted by Crippen LogP contribution is -2.24. The lowest BCUT2D eigenvalue weighted by molar-refractivity contribution is -0.123. The first kappa shape index (κ1) is 18.7. The van der Waals surface area contributed by atoms with Crippen LogP contribution in [0.4, 0.5) is 0 Å². The van der Waals surface area contributed by atoms with Gasteiger partial charge in [0.1, 0.15) is 5.15 Å². The first-order valence-electron chi connectivity index (χ1n) is 8.22. The monoisotopic (exact) mass is 383 g/mol. The van der Waals surface area contributed by atoms with E-state index in [1.54, 1.807) is 18.2 Å². The van der Waals surface area contributed by atoms with Gasteiger partial charge in [0.15, 0.2) is 18.1 Å². The molecule has 0 saturated carbocycles. The number of aryl methyl sites for hydroxylation is 1. The largest absolute Gasteiger partial charge is 0.493 e. The number of para-hydroxylation sites is 3. The Morgan fingerprint density at radius 1 is 1.22 bits per heavy atom. The second-order valence-corrected chi connectivity index (χ2v) is 6.11. The summed E-state index contributed by atoms with van der Waals surface area (Å²) in [6.07, 6.45) is 1.46. The fourth-order valence-electron chi connectivity index (χ4n) is 2.52. The van der Waals surface area contributed by atoms with Gasteiger partial charge in [0.2, 0.25) is 0 Å². The summed E-state index contributed by atoms with van der Waals surface area (Å²) in [5.74, 6) is 0.632. The number of aromatic nitrogens is 1. The molecule has 0 saturated heterocycles. The van der Waals surface area contributed by atoms with Crippen molar-refractivity contribution in [3.8, 4) is 11.5 Å². The van der Waals surface area contributed by atoms with Crippen LogP contribution in [0, 0.1) is 6.92 Å². The SMILES string of the molecule is COc1ccccc1OCC(=O)N/N=C\c1cc2cccc(C)c2nc1Cl. The summed E-state index contributed by atoms with van der Waals surface area (Å²) in [5.41, 5.74) is 4.90. The Bertz CT molecular complexity index is 1000. The Balaban J connectivity index is 1.62. The third kappa shape index (κ3) is 4.54. The van der Waals surface area contributed by atoms with Gasteiger partial charge in [-0.2, -0.15) is 5.10 Å². The van der Waals surface area contributed by atoms with Crippen molar-refractivity contribution in [3.05, 3.63) is 64.8 Å². The summed E-state index contributed by atoms with van der Waals surface area (Å²) in [4.78, 5) is 16.3. The number of nitrogens with one attached hydrogen (secondary N) is 1. The number of hydrogen-bond donors (Lipinski definition) is 1. The molecule has 0 unspecified atom stereocenters. The third-order valence-corrected chi connectivity index (χ3v) is 4.15. The van der Waals surface area contributed by atoms with Crippen molar-refractivity contribution >= 4 is 34.6 Å². The maximum absolute atomic E-state index is 11.9. The summed E-state index contributed by atoms with van der Waals surface area (Å²) in [6, 6.07) is 14.8. The van der Waals surface area contributed by atoms with Crippen molar-refractivity contribution in [1.82, 2.24) is 10.4 Å². The minimum atomic E-state index is -0.405. The summed E-state index contributed by atoms with van der Waals surface area (Å²) in [7, 11) is 1.54. The topological polar surface area (TPSA) is 72.8 Å². The van der Waals surface area contributed by atoms with Crippen LogP contribution in [0.15, 0.2) is 53.6 Å². The maximum atomic E-state index is 11.9. The number of hydrogen-bond acceptors (Lipinski definition) is 5. The number of carbonyl (C=O) groups is 1. The zero-order chi connectivity index (χ0) is 19.2. The summed E-state index contributed by atoms with van der Waals surface area (Å²) >= 11 is 6.21. The van der Waals surface area contributed by atoms with Crippen LogP contribution in [0.2, 0.25) is 5.15 Å². The van der Waals surface area contributed by atoms with Crippen LogP contribution in [-0.4, -0.2) is 30.8 Å². The van der Waals surface area contributed by atoms with Gasteiger partial charge in [-0.05, 0) is 30.7 Å². The van der Waals surface area contributed by atoms with Crippen LogP contribution in [0.5, 0.6) is 11.5 Å². The molecule has 0 atom stereocenters. The van der Waals surface area contributed by atoms with Crippen molar-refractivity contribution in [1.29, 1.82) is 0 Å². The van der Waals surface area contributed by atoms with Crippen LogP contribution in [0.25, 0.3) is 10.9 Å². The quantitative estimate of drug-likeness (QED) is 0.400. The Morgan fingerprint density at radius 2 is 2.00 bits per heavy atom. The molecule has 1 aromatic heterocycles. The number of fused-ring (bicyclic) bond motifs is 1. The highest BCUT2D eigenvalue weighted by molar-refractivity contribution is 6.32. The highest BCUT2D eigenvalue weighted by Gasteiger charge is 2.07. The molecular weight excluding hydrogens is 366 g/mol. The van der Waals surface area contributed by atoms with Gasteiger partial charge in [-0.15, -0.1) is 0 Å². The second-order valence-electron chi connectivity index (χ2n) is 5.75. The Morgan fingerprint density at radius 3 is 2.78 bits per heavy atom. The molecule has 0 radical (unpaired) electrons. The van der Waals surface area contributed by atoms with Crippen molar-refractivity contribution in [3.63, 3.8) is 0 Å². The first-order chi connectivity index (χ1) is 13.1.